The standard InChI is InChI=1S/C11H21N3S/c1-9(12)5-4-6-14(3)7-11-10(2)13-8-15-11/h8-9H,4-7,12H2,1-3H3. The molecule has 1 aromatic heterocycles. The van der Waals surface area contributed by atoms with Crippen LogP contribution >= 0.6 is 11.3 Å². The first-order valence-corrected chi connectivity index (χ1v) is 6.30. The van der Waals surface area contributed by atoms with Gasteiger partial charge in [-0.1, -0.05) is 0 Å². The average molecular weight is 227 g/mol. The predicted octanol–water partition coefficient (Wildman–Crippen LogP) is 2.01. The Morgan fingerprint density at radius 3 is 2.87 bits per heavy atom. The molecule has 0 bridgehead atoms. The van der Waals surface area contributed by atoms with Gasteiger partial charge in [-0.3, -0.25) is 0 Å². The molecule has 0 amide bonds. The molecule has 0 aromatic carbocycles. The summed E-state index contributed by atoms with van der Waals surface area (Å²) in [5.41, 5.74) is 8.80. The maximum Gasteiger partial charge on any atom is 0.0798 e. The van der Waals surface area contributed by atoms with Crippen LogP contribution in [0.5, 0.6) is 0 Å². The molecule has 1 atom stereocenters. The number of thiazole rings is 1. The molecule has 1 rings (SSSR count). The van der Waals surface area contributed by atoms with Crippen molar-refractivity contribution in [3.05, 3.63) is 16.1 Å². The number of nitrogens with two attached hydrogens (primary N) is 1. The van der Waals surface area contributed by atoms with E-state index in [0.717, 1.165) is 19.5 Å². The highest BCUT2D eigenvalue weighted by Crippen LogP contribution is 2.14. The summed E-state index contributed by atoms with van der Waals surface area (Å²) >= 11 is 1.74. The number of nitrogens with zero attached hydrogens (tertiary/aromatic N) is 2. The van der Waals surface area contributed by atoms with Crippen LogP contribution in [-0.4, -0.2) is 29.5 Å². The summed E-state index contributed by atoms with van der Waals surface area (Å²) in [5, 5.41) is 0. The highest BCUT2D eigenvalue weighted by Gasteiger charge is 2.05. The maximum atomic E-state index is 5.71. The average Bonchev–Trinajstić information content (AvgIpc) is 2.51. The van der Waals surface area contributed by atoms with Crippen LogP contribution in [0, 0.1) is 6.92 Å². The maximum absolute atomic E-state index is 5.71. The van der Waals surface area contributed by atoms with Gasteiger partial charge in [-0.25, -0.2) is 4.98 Å². The smallest absolute Gasteiger partial charge is 0.0798 e. The summed E-state index contributed by atoms with van der Waals surface area (Å²) in [6.07, 6.45) is 2.28. The number of aryl methyl sites for hydroxylation is 1. The molecule has 0 aliphatic heterocycles. The highest BCUT2D eigenvalue weighted by atomic mass is 32.1. The lowest BCUT2D eigenvalue weighted by Crippen LogP contribution is -2.22. The summed E-state index contributed by atoms with van der Waals surface area (Å²) in [7, 11) is 2.15. The molecule has 0 aliphatic rings. The van der Waals surface area contributed by atoms with Crippen molar-refractivity contribution in [2.24, 2.45) is 5.73 Å². The second-order valence-electron chi connectivity index (χ2n) is 4.22. The Morgan fingerprint density at radius 1 is 1.60 bits per heavy atom. The topological polar surface area (TPSA) is 42.2 Å². The van der Waals surface area contributed by atoms with Gasteiger partial charge in [0.15, 0.2) is 0 Å². The second-order valence-corrected chi connectivity index (χ2v) is 5.16. The van der Waals surface area contributed by atoms with Gasteiger partial charge < -0.3 is 10.6 Å². The van der Waals surface area contributed by atoms with E-state index in [4.69, 9.17) is 5.73 Å². The van der Waals surface area contributed by atoms with Crippen molar-refractivity contribution < 1.29 is 0 Å². The van der Waals surface area contributed by atoms with Gasteiger partial charge in [0.05, 0.1) is 11.2 Å². The Morgan fingerprint density at radius 2 is 2.33 bits per heavy atom. The first-order chi connectivity index (χ1) is 7.09. The molecule has 2 N–H and O–H groups in total. The lowest BCUT2D eigenvalue weighted by Gasteiger charge is -2.16. The molecule has 1 heterocycles. The molecule has 1 aromatic rings. The minimum Gasteiger partial charge on any atom is -0.328 e. The van der Waals surface area contributed by atoms with Crippen LogP contribution in [0.4, 0.5) is 0 Å². The Labute approximate surface area is 96.3 Å². The van der Waals surface area contributed by atoms with E-state index in [2.05, 4.69) is 30.8 Å². The fourth-order valence-corrected chi connectivity index (χ4v) is 2.34. The summed E-state index contributed by atoms with van der Waals surface area (Å²) < 4.78 is 0. The molecule has 0 fully saturated rings. The van der Waals surface area contributed by atoms with E-state index in [1.165, 1.54) is 17.0 Å². The van der Waals surface area contributed by atoms with E-state index < -0.39 is 0 Å². The summed E-state index contributed by atoms with van der Waals surface area (Å²) in [6.45, 7) is 6.25. The largest absolute Gasteiger partial charge is 0.328 e. The van der Waals surface area contributed by atoms with Crippen molar-refractivity contribution in [2.75, 3.05) is 13.6 Å². The highest BCUT2D eigenvalue weighted by molar-refractivity contribution is 7.09. The minimum absolute atomic E-state index is 0.323. The van der Waals surface area contributed by atoms with Gasteiger partial charge >= 0.3 is 0 Å². The molecule has 0 aliphatic carbocycles. The molecule has 15 heavy (non-hydrogen) atoms. The van der Waals surface area contributed by atoms with Crippen molar-refractivity contribution in [3.63, 3.8) is 0 Å². The molecule has 0 saturated carbocycles. The fraction of sp³-hybridized carbons (Fsp3) is 0.727. The van der Waals surface area contributed by atoms with Crippen LogP contribution in [0.2, 0.25) is 0 Å². The predicted molar refractivity (Wildman–Crippen MR) is 66.1 cm³/mol. The van der Waals surface area contributed by atoms with Gasteiger partial charge in [0.1, 0.15) is 0 Å². The number of rotatable bonds is 6. The normalized spacial score (nSPS) is 13.4. The van der Waals surface area contributed by atoms with Gasteiger partial charge in [-0.05, 0) is 40.3 Å². The Bertz CT molecular complexity index is 283. The summed E-state index contributed by atoms with van der Waals surface area (Å²) in [5.74, 6) is 0. The lowest BCUT2D eigenvalue weighted by atomic mass is 10.2. The van der Waals surface area contributed by atoms with Gasteiger partial charge in [-0.2, -0.15) is 0 Å². The van der Waals surface area contributed by atoms with E-state index >= 15 is 0 Å². The third-order valence-corrected chi connectivity index (χ3v) is 3.38. The molecular weight excluding hydrogens is 206 g/mol. The van der Waals surface area contributed by atoms with Crippen molar-refractivity contribution >= 4 is 11.3 Å². The summed E-state index contributed by atoms with van der Waals surface area (Å²) in [6, 6.07) is 0.323. The Hall–Kier alpha value is -0.450. The van der Waals surface area contributed by atoms with Crippen LogP contribution < -0.4 is 5.73 Å². The molecule has 3 nitrogen and oxygen atoms in total. The van der Waals surface area contributed by atoms with Crippen molar-refractivity contribution in [3.8, 4) is 0 Å². The number of aromatic nitrogens is 1. The molecule has 0 saturated heterocycles. The lowest BCUT2D eigenvalue weighted by molar-refractivity contribution is 0.317. The van der Waals surface area contributed by atoms with Crippen LogP contribution in [0.3, 0.4) is 0 Å². The minimum atomic E-state index is 0.323. The number of hydrogen-bond donors (Lipinski definition) is 1. The van der Waals surface area contributed by atoms with Crippen molar-refractivity contribution in [1.82, 2.24) is 9.88 Å². The van der Waals surface area contributed by atoms with Gasteiger partial charge in [0, 0.05) is 17.5 Å². The number of hydrogen-bond acceptors (Lipinski definition) is 4. The quantitative estimate of drug-likeness (QED) is 0.808. The Kier molecular flexibility index (Phi) is 5.22. The fourth-order valence-electron chi connectivity index (χ4n) is 1.49. The first-order valence-electron chi connectivity index (χ1n) is 5.42. The molecule has 0 radical (unpaired) electrons. The van der Waals surface area contributed by atoms with E-state index in [-0.39, 0.29) is 0 Å². The molecule has 86 valence electrons. The van der Waals surface area contributed by atoms with Gasteiger partial charge in [0.25, 0.3) is 0 Å². The van der Waals surface area contributed by atoms with Crippen LogP contribution in [0.25, 0.3) is 0 Å². The Balaban J connectivity index is 2.24. The third kappa shape index (κ3) is 4.73. The molecule has 4 heteroatoms. The van der Waals surface area contributed by atoms with Crippen molar-refractivity contribution in [2.45, 2.75) is 39.3 Å². The van der Waals surface area contributed by atoms with E-state index in [1.807, 2.05) is 5.51 Å². The van der Waals surface area contributed by atoms with E-state index in [0.29, 0.717) is 6.04 Å². The van der Waals surface area contributed by atoms with Crippen LogP contribution in [0.1, 0.15) is 30.3 Å². The summed E-state index contributed by atoms with van der Waals surface area (Å²) in [4.78, 5) is 7.96. The zero-order valence-electron chi connectivity index (χ0n) is 9.86. The molecule has 1 unspecified atom stereocenters. The van der Waals surface area contributed by atoms with E-state index in [1.54, 1.807) is 11.3 Å². The second kappa shape index (κ2) is 6.20. The third-order valence-electron chi connectivity index (χ3n) is 2.46. The van der Waals surface area contributed by atoms with Crippen LogP contribution in [0.15, 0.2) is 5.51 Å². The van der Waals surface area contributed by atoms with Crippen LogP contribution in [-0.2, 0) is 6.54 Å². The SMILES string of the molecule is Cc1ncsc1CN(C)CCCC(C)N. The zero-order chi connectivity index (χ0) is 11.3. The first kappa shape index (κ1) is 12.6. The van der Waals surface area contributed by atoms with E-state index in [9.17, 15) is 0 Å². The molecular formula is C11H21N3S. The van der Waals surface area contributed by atoms with Gasteiger partial charge in [0.2, 0.25) is 0 Å². The molecule has 0 spiro atoms. The van der Waals surface area contributed by atoms with Gasteiger partial charge in [-0.15, -0.1) is 11.3 Å². The van der Waals surface area contributed by atoms with Crippen molar-refractivity contribution in [1.29, 1.82) is 0 Å². The monoisotopic (exact) mass is 227 g/mol. The zero-order valence-corrected chi connectivity index (χ0v) is 10.7.